The summed E-state index contributed by atoms with van der Waals surface area (Å²) in [7, 11) is 1.78. The van der Waals surface area contributed by atoms with Crippen molar-refractivity contribution in [3.63, 3.8) is 0 Å². The molecule has 0 bridgehead atoms. The first-order valence-electron chi connectivity index (χ1n) is 4.73. The van der Waals surface area contributed by atoms with E-state index in [2.05, 4.69) is 27.0 Å². The molecule has 1 N–H and O–H groups in total. The minimum absolute atomic E-state index is 0.502. The topological polar surface area (TPSA) is 55.6 Å². The molecule has 5 nitrogen and oxygen atoms in total. The number of thioether (sulfide) groups is 1. The Balaban J connectivity index is 1.73. The summed E-state index contributed by atoms with van der Waals surface area (Å²) in [6.45, 7) is 1.77. The van der Waals surface area contributed by atoms with Crippen LogP contribution in [0.1, 0.15) is 18.7 Å². The van der Waals surface area contributed by atoms with Gasteiger partial charge in [0.15, 0.2) is 5.82 Å². The predicted octanol–water partition coefficient (Wildman–Crippen LogP) is 0.195. The molecule has 0 unspecified atom stereocenters. The zero-order valence-electron chi connectivity index (χ0n) is 8.53. The van der Waals surface area contributed by atoms with Crippen LogP contribution in [0.3, 0.4) is 0 Å². The second-order valence-electron chi connectivity index (χ2n) is 3.69. The van der Waals surface area contributed by atoms with Gasteiger partial charge >= 0.3 is 0 Å². The third kappa shape index (κ3) is 2.24. The molecule has 1 aromatic rings. The van der Waals surface area contributed by atoms with E-state index in [9.17, 15) is 0 Å². The third-order valence-corrected chi connectivity index (χ3v) is 3.94. The lowest BCUT2D eigenvalue weighted by Gasteiger charge is -2.11. The van der Waals surface area contributed by atoms with E-state index in [0.717, 1.165) is 18.9 Å². The van der Waals surface area contributed by atoms with Gasteiger partial charge < -0.3 is 5.32 Å². The summed E-state index contributed by atoms with van der Waals surface area (Å²) >= 11 is 1.95. The molecule has 1 fully saturated rings. The van der Waals surface area contributed by atoms with Crippen molar-refractivity contribution in [2.45, 2.75) is 24.1 Å². The van der Waals surface area contributed by atoms with Crippen molar-refractivity contribution >= 4 is 11.8 Å². The summed E-state index contributed by atoms with van der Waals surface area (Å²) in [5.74, 6) is 0.768. The van der Waals surface area contributed by atoms with Gasteiger partial charge in [-0.25, -0.2) is 0 Å². The summed E-state index contributed by atoms with van der Waals surface area (Å²) in [5, 5.41) is 15.2. The predicted molar refractivity (Wildman–Crippen MR) is 56.0 cm³/mol. The normalized spacial score (nSPS) is 18.4. The second kappa shape index (κ2) is 3.86. The number of nitrogens with zero attached hydrogens (tertiary/aromatic N) is 4. The lowest BCUT2D eigenvalue weighted by atomic mass is 10.4. The molecule has 1 saturated carbocycles. The molecule has 0 amide bonds. The van der Waals surface area contributed by atoms with Crippen molar-refractivity contribution in [1.82, 2.24) is 25.5 Å². The molecule has 0 saturated heterocycles. The van der Waals surface area contributed by atoms with Crippen molar-refractivity contribution in [3.05, 3.63) is 5.82 Å². The molecule has 0 spiro atoms. The largest absolute Gasteiger partial charge is 0.308 e. The Kier molecular flexibility index (Phi) is 2.73. The quantitative estimate of drug-likeness (QED) is 0.757. The number of hydrogen-bond acceptors (Lipinski definition) is 5. The molecular formula is C8H15N5S. The zero-order chi connectivity index (χ0) is 10.0. The Bertz CT molecular complexity index is 306. The summed E-state index contributed by atoms with van der Waals surface area (Å²) in [6, 6.07) is 0. The molecule has 14 heavy (non-hydrogen) atoms. The maximum Gasteiger partial charge on any atom is 0.188 e. The highest BCUT2D eigenvalue weighted by Gasteiger charge is 2.41. The molecule has 0 atom stereocenters. The second-order valence-corrected chi connectivity index (χ2v) is 4.96. The number of rotatable bonds is 5. The van der Waals surface area contributed by atoms with Crippen LogP contribution in [0.4, 0.5) is 0 Å². The van der Waals surface area contributed by atoms with Gasteiger partial charge in [-0.1, -0.05) is 0 Å². The molecule has 2 rings (SSSR count). The molecular weight excluding hydrogens is 198 g/mol. The lowest BCUT2D eigenvalue weighted by molar-refractivity contribution is 0.615. The van der Waals surface area contributed by atoms with Gasteiger partial charge in [-0.3, -0.25) is 0 Å². The average molecular weight is 213 g/mol. The van der Waals surface area contributed by atoms with Crippen molar-refractivity contribution < 1.29 is 0 Å². The number of aryl methyl sites for hydroxylation is 1. The highest BCUT2D eigenvalue weighted by molar-refractivity contribution is 8.00. The Labute approximate surface area is 87.6 Å². The highest BCUT2D eigenvalue weighted by atomic mass is 32.2. The zero-order valence-corrected chi connectivity index (χ0v) is 9.34. The van der Waals surface area contributed by atoms with Crippen LogP contribution in [-0.2, 0) is 13.6 Å². The molecule has 0 aromatic carbocycles. The van der Waals surface area contributed by atoms with Gasteiger partial charge in [0.25, 0.3) is 0 Å². The van der Waals surface area contributed by atoms with E-state index in [4.69, 9.17) is 0 Å². The third-order valence-electron chi connectivity index (χ3n) is 2.52. The minimum Gasteiger partial charge on any atom is -0.308 e. The fraction of sp³-hybridized carbons (Fsp3) is 0.875. The van der Waals surface area contributed by atoms with E-state index in [1.807, 2.05) is 11.8 Å². The molecule has 1 aliphatic carbocycles. The van der Waals surface area contributed by atoms with Gasteiger partial charge in [-0.2, -0.15) is 16.6 Å². The summed E-state index contributed by atoms with van der Waals surface area (Å²) in [4.78, 5) is 1.48. The summed E-state index contributed by atoms with van der Waals surface area (Å²) in [5.41, 5.74) is 0. The maximum atomic E-state index is 4.10. The monoisotopic (exact) mass is 213 g/mol. The van der Waals surface area contributed by atoms with Crippen LogP contribution >= 0.6 is 11.8 Å². The molecule has 0 radical (unpaired) electrons. The van der Waals surface area contributed by atoms with Crippen LogP contribution in [0.15, 0.2) is 0 Å². The Morgan fingerprint density at radius 2 is 2.36 bits per heavy atom. The fourth-order valence-corrected chi connectivity index (χ4v) is 2.15. The van der Waals surface area contributed by atoms with Crippen LogP contribution in [0.25, 0.3) is 0 Å². The lowest BCUT2D eigenvalue weighted by Crippen LogP contribution is -2.25. The maximum absolute atomic E-state index is 4.10. The van der Waals surface area contributed by atoms with Crippen molar-refractivity contribution in [1.29, 1.82) is 0 Å². The van der Waals surface area contributed by atoms with Crippen LogP contribution in [0, 0.1) is 0 Å². The first-order valence-corrected chi connectivity index (χ1v) is 5.95. The molecule has 78 valence electrons. The van der Waals surface area contributed by atoms with Crippen LogP contribution in [0.5, 0.6) is 0 Å². The molecule has 1 heterocycles. The van der Waals surface area contributed by atoms with E-state index in [-0.39, 0.29) is 0 Å². The van der Waals surface area contributed by atoms with Gasteiger partial charge in [0, 0.05) is 11.3 Å². The van der Waals surface area contributed by atoms with Crippen molar-refractivity contribution in [3.8, 4) is 0 Å². The smallest absolute Gasteiger partial charge is 0.188 e. The SMILES string of the molecule is CSC1(CNCc2nnn(C)n2)CC1. The molecule has 6 heteroatoms. The van der Waals surface area contributed by atoms with Crippen LogP contribution < -0.4 is 5.32 Å². The van der Waals surface area contributed by atoms with Gasteiger partial charge in [0.2, 0.25) is 0 Å². The van der Waals surface area contributed by atoms with E-state index in [1.165, 1.54) is 17.6 Å². The van der Waals surface area contributed by atoms with Gasteiger partial charge in [0.05, 0.1) is 13.6 Å². The standard InChI is InChI=1S/C8H15N5S/c1-13-11-7(10-12-13)5-9-6-8(14-2)3-4-8/h9H,3-6H2,1-2H3. The van der Waals surface area contributed by atoms with Gasteiger partial charge in [0.1, 0.15) is 0 Å². The number of aromatic nitrogens is 4. The first kappa shape index (κ1) is 9.92. The summed E-state index contributed by atoms with van der Waals surface area (Å²) in [6.07, 6.45) is 4.83. The van der Waals surface area contributed by atoms with Gasteiger partial charge in [-0.15, -0.1) is 10.2 Å². The molecule has 0 aliphatic heterocycles. The number of nitrogens with one attached hydrogen (secondary N) is 1. The van der Waals surface area contributed by atoms with E-state index >= 15 is 0 Å². The van der Waals surface area contributed by atoms with E-state index in [1.54, 1.807) is 7.05 Å². The Morgan fingerprint density at radius 3 is 2.86 bits per heavy atom. The Hall–Kier alpha value is -0.620. The average Bonchev–Trinajstić information content (AvgIpc) is 2.84. The Morgan fingerprint density at radius 1 is 1.57 bits per heavy atom. The van der Waals surface area contributed by atoms with E-state index < -0.39 is 0 Å². The minimum atomic E-state index is 0.502. The number of hydrogen-bond donors (Lipinski definition) is 1. The fourth-order valence-electron chi connectivity index (χ4n) is 1.39. The first-order chi connectivity index (χ1) is 6.74. The van der Waals surface area contributed by atoms with Crippen molar-refractivity contribution in [2.24, 2.45) is 7.05 Å². The van der Waals surface area contributed by atoms with Crippen LogP contribution in [-0.4, -0.2) is 37.8 Å². The van der Waals surface area contributed by atoms with E-state index in [0.29, 0.717) is 4.75 Å². The molecule has 1 aromatic heterocycles. The summed E-state index contributed by atoms with van der Waals surface area (Å²) < 4.78 is 0.502. The van der Waals surface area contributed by atoms with Crippen molar-refractivity contribution in [2.75, 3.05) is 12.8 Å². The van der Waals surface area contributed by atoms with Gasteiger partial charge in [-0.05, 0) is 24.3 Å². The van der Waals surface area contributed by atoms with Crippen LogP contribution in [0.2, 0.25) is 0 Å². The highest BCUT2D eigenvalue weighted by Crippen LogP contribution is 2.46. The molecule has 1 aliphatic rings. The number of tetrazole rings is 1.